The van der Waals surface area contributed by atoms with Crippen LogP contribution in [0, 0.1) is 0 Å². The van der Waals surface area contributed by atoms with Crippen LogP contribution < -0.4 is 4.74 Å². The quantitative estimate of drug-likeness (QED) is 0.835. The average molecular weight is 336 g/mol. The van der Waals surface area contributed by atoms with E-state index in [4.69, 9.17) is 4.74 Å². The van der Waals surface area contributed by atoms with Gasteiger partial charge < -0.3 is 9.64 Å². The standard InChI is InChI=1S/C18H19F3N2O/c1-23-8-2-3-16(23)12-24-17-9-14(10-22-11-17)13-4-6-15(7-5-13)18(19,20)21/h4-7,9-11,16H,2-3,8,12H2,1H3/t16-/m0/s1. The second kappa shape index (κ2) is 6.81. The molecule has 0 unspecified atom stereocenters. The molecule has 0 bridgehead atoms. The summed E-state index contributed by atoms with van der Waals surface area (Å²) >= 11 is 0. The second-order valence-corrected chi connectivity index (χ2v) is 6.07. The highest BCUT2D eigenvalue weighted by Crippen LogP contribution is 2.31. The van der Waals surface area contributed by atoms with E-state index in [9.17, 15) is 13.2 Å². The van der Waals surface area contributed by atoms with Gasteiger partial charge in [0.05, 0.1) is 11.8 Å². The number of alkyl halides is 3. The fraction of sp³-hybridized carbons (Fsp3) is 0.389. The van der Waals surface area contributed by atoms with Crippen molar-refractivity contribution in [2.45, 2.75) is 25.1 Å². The van der Waals surface area contributed by atoms with Crippen LogP contribution in [0.5, 0.6) is 5.75 Å². The van der Waals surface area contributed by atoms with Crippen LogP contribution in [0.25, 0.3) is 11.1 Å². The van der Waals surface area contributed by atoms with Gasteiger partial charge in [-0.2, -0.15) is 13.2 Å². The van der Waals surface area contributed by atoms with Crippen molar-refractivity contribution in [1.29, 1.82) is 0 Å². The molecular weight excluding hydrogens is 317 g/mol. The Balaban J connectivity index is 1.70. The van der Waals surface area contributed by atoms with Gasteiger partial charge in [-0.3, -0.25) is 4.98 Å². The Morgan fingerprint density at radius 1 is 1.17 bits per heavy atom. The first-order chi connectivity index (χ1) is 11.4. The molecule has 0 spiro atoms. The van der Waals surface area contributed by atoms with Crippen molar-refractivity contribution in [1.82, 2.24) is 9.88 Å². The molecule has 0 N–H and O–H groups in total. The number of likely N-dealkylation sites (tertiary alicyclic amines) is 1. The molecule has 24 heavy (non-hydrogen) atoms. The molecule has 1 saturated heterocycles. The lowest BCUT2D eigenvalue weighted by Gasteiger charge is -2.19. The van der Waals surface area contributed by atoms with Crippen LogP contribution in [0.4, 0.5) is 13.2 Å². The number of hydrogen-bond acceptors (Lipinski definition) is 3. The molecule has 0 saturated carbocycles. The smallest absolute Gasteiger partial charge is 0.416 e. The number of ether oxygens (including phenoxy) is 1. The average Bonchev–Trinajstić information content (AvgIpc) is 2.98. The molecular formula is C18H19F3N2O. The highest BCUT2D eigenvalue weighted by atomic mass is 19.4. The van der Waals surface area contributed by atoms with E-state index in [0.717, 1.165) is 30.7 Å². The third-order valence-corrected chi connectivity index (χ3v) is 4.37. The Morgan fingerprint density at radius 3 is 2.54 bits per heavy atom. The Kier molecular flexibility index (Phi) is 4.76. The van der Waals surface area contributed by atoms with E-state index in [-0.39, 0.29) is 0 Å². The van der Waals surface area contributed by atoms with Gasteiger partial charge in [0.2, 0.25) is 0 Å². The van der Waals surface area contributed by atoms with Crippen molar-refractivity contribution >= 4 is 0 Å². The van der Waals surface area contributed by atoms with Crippen LogP contribution in [0.1, 0.15) is 18.4 Å². The lowest BCUT2D eigenvalue weighted by atomic mass is 10.1. The van der Waals surface area contributed by atoms with Crippen LogP contribution in [-0.2, 0) is 6.18 Å². The Bertz CT molecular complexity index is 685. The van der Waals surface area contributed by atoms with Crippen LogP contribution in [-0.4, -0.2) is 36.1 Å². The van der Waals surface area contributed by atoms with Crippen molar-refractivity contribution in [2.24, 2.45) is 0 Å². The zero-order chi connectivity index (χ0) is 17.2. The number of halogens is 3. The zero-order valence-electron chi connectivity index (χ0n) is 13.4. The summed E-state index contributed by atoms with van der Waals surface area (Å²) in [5, 5.41) is 0. The highest BCUT2D eigenvalue weighted by Gasteiger charge is 2.30. The Labute approximate surface area is 139 Å². The fourth-order valence-electron chi connectivity index (χ4n) is 2.89. The van der Waals surface area contributed by atoms with Crippen molar-refractivity contribution in [2.75, 3.05) is 20.2 Å². The van der Waals surface area contributed by atoms with Crippen molar-refractivity contribution < 1.29 is 17.9 Å². The molecule has 3 rings (SSSR count). The van der Waals surface area contributed by atoms with Crippen molar-refractivity contribution in [3.63, 3.8) is 0 Å². The molecule has 2 heterocycles. The second-order valence-electron chi connectivity index (χ2n) is 6.07. The first-order valence-corrected chi connectivity index (χ1v) is 7.89. The normalized spacial score (nSPS) is 18.8. The fourth-order valence-corrected chi connectivity index (χ4v) is 2.89. The molecule has 0 aliphatic carbocycles. The maximum atomic E-state index is 12.6. The molecule has 1 atom stereocenters. The highest BCUT2D eigenvalue weighted by molar-refractivity contribution is 5.64. The molecule has 2 aromatic rings. The van der Waals surface area contributed by atoms with Crippen molar-refractivity contribution in [3.05, 3.63) is 48.3 Å². The van der Waals surface area contributed by atoms with Gasteiger partial charge in [-0.1, -0.05) is 12.1 Å². The summed E-state index contributed by atoms with van der Waals surface area (Å²) in [4.78, 5) is 6.41. The molecule has 0 radical (unpaired) electrons. The maximum absolute atomic E-state index is 12.6. The lowest BCUT2D eigenvalue weighted by Crippen LogP contribution is -2.30. The molecule has 1 aliphatic heterocycles. The van der Waals surface area contributed by atoms with Gasteiger partial charge >= 0.3 is 6.18 Å². The lowest BCUT2D eigenvalue weighted by molar-refractivity contribution is -0.137. The summed E-state index contributed by atoms with van der Waals surface area (Å²) in [6, 6.07) is 7.28. The molecule has 0 amide bonds. The Morgan fingerprint density at radius 2 is 1.92 bits per heavy atom. The van der Waals surface area contributed by atoms with Gasteiger partial charge in [0.15, 0.2) is 0 Å². The summed E-state index contributed by atoms with van der Waals surface area (Å²) in [5.41, 5.74) is 0.760. The van der Waals surface area contributed by atoms with Gasteiger partial charge in [-0.15, -0.1) is 0 Å². The van der Waals surface area contributed by atoms with Crippen LogP contribution in [0.15, 0.2) is 42.7 Å². The van der Waals surface area contributed by atoms with Crippen LogP contribution in [0.2, 0.25) is 0 Å². The molecule has 3 nitrogen and oxygen atoms in total. The summed E-state index contributed by atoms with van der Waals surface area (Å²) in [7, 11) is 2.08. The minimum Gasteiger partial charge on any atom is -0.490 e. The topological polar surface area (TPSA) is 25.4 Å². The molecule has 1 aliphatic rings. The van der Waals surface area contributed by atoms with E-state index in [2.05, 4.69) is 16.9 Å². The van der Waals surface area contributed by atoms with Gasteiger partial charge in [0, 0.05) is 17.8 Å². The van der Waals surface area contributed by atoms with Gasteiger partial charge in [-0.25, -0.2) is 0 Å². The summed E-state index contributed by atoms with van der Waals surface area (Å²) < 4.78 is 43.7. The number of benzene rings is 1. The number of rotatable bonds is 4. The molecule has 1 fully saturated rings. The molecule has 1 aromatic carbocycles. The SMILES string of the molecule is CN1CCC[C@H]1COc1cncc(-c2ccc(C(F)(F)F)cc2)c1. The van der Waals surface area contributed by atoms with E-state index < -0.39 is 11.7 Å². The van der Waals surface area contributed by atoms with E-state index in [1.807, 2.05) is 6.07 Å². The zero-order valence-corrected chi connectivity index (χ0v) is 13.4. The van der Waals surface area contributed by atoms with Crippen LogP contribution in [0.3, 0.4) is 0 Å². The number of hydrogen-bond donors (Lipinski definition) is 0. The summed E-state index contributed by atoms with van der Waals surface area (Å²) in [5.74, 6) is 0.632. The predicted molar refractivity (Wildman–Crippen MR) is 85.8 cm³/mol. The van der Waals surface area contributed by atoms with E-state index >= 15 is 0 Å². The third-order valence-electron chi connectivity index (χ3n) is 4.37. The summed E-state index contributed by atoms with van der Waals surface area (Å²) in [6.45, 7) is 1.67. The number of pyridine rings is 1. The van der Waals surface area contributed by atoms with Gasteiger partial charge in [0.1, 0.15) is 12.4 Å². The minimum atomic E-state index is -4.32. The number of likely N-dealkylation sites (N-methyl/N-ethyl adjacent to an activating group) is 1. The molecule has 6 heteroatoms. The van der Waals surface area contributed by atoms with E-state index in [1.165, 1.54) is 18.6 Å². The minimum absolute atomic E-state index is 0.403. The predicted octanol–water partition coefficient (Wildman–Crippen LogP) is 4.24. The van der Waals surface area contributed by atoms with Crippen LogP contribution >= 0.6 is 0 Å². The first-order valence-electron chi connectivity index (χ1n) is 7.89. The van der Waals surface area contributed by atoms with Crippen molar-refractivity contribution in [3.8, 4) is 16.9 Å². The van der Waals surface area contributed by atoms with E-state index in [0.29, 0.717) is 24.0 Å². The summed E-state index contributed by atoms with van der Waals surface area (Å²) in [6.07, 6.45) is 1.21. The molecule has 128 valence electrons. The third kappa shape index (κ3) is 3.87. The molecule has 1 aromatic heterocycles. The first kappa shape index (κ1) is 16.8. The Hall–Kier alpha value is -2.08. The van der Waals surface area contributed by atoms with Gasteiger partial charge in [-0.05, 0) is 50.2 Å². The van der Waals surface area contributed by atoms with E-state index in [1.54, 1.807) is 12.4 Å². The number of aromatic nitrogens is 1. The largest absolute Gasteiger partial charge is 0.490 e. The number of nitrogens with zero attached hydrogens (tertiary/aromatic N) is 2. The monoisotopic (exact) mass is 336 g/mol. The maximum Gasteiger partial charge on any atom is 0.416 e. The van der Waals surface area contributed by atoms with Gasteiger partial charge in [0.25, 0.3) is 0 Å².